The summed E-state index contributed by atoms with van der Waals surface area (Å²) in [5.74, 6) is -0.455. The fraction of sp³-hybridized carbons (Fsp3) is 0.333. The molecule has 3 heterocycles. The van der Waals surface area contributed by atoms with Gasteiger partial charge < -0.3 is 10.4 Å². The molecule has 3 aromatic rings. The van der Waals surface area contributed by atoms with Gasteiger partial charge in [-0.25, -0.2) is 14.6 Å². The van der Waals surface area contributed by atoms with E-state index >= 15 is 0 Å². The highest BCUT2D eigenvalue weighted by atomic mass is 16.4. The molecule has 1 saturated heterocycles. The largest absolute Gasteiger partial charge is 0.478 e. The second kappa shape index (κ2) is 8.71. The normalized spacial score (nSPS) is 14.7. The minimum absolute atomic E-state index is 0.109. The molecule has 0 amide bonds. The molecule has 1 fully saturated rings. The Bertz CT molecular complexity index is 1290. The number of benzene rings is 1. The number of aromatic nitrogens is 2. The van der Waals surface area contributed by atoms with E-state index in [0.29, 0.717) is 17.2 Å². The summed E-state index contributed by atoms with van der Waals surface area (Å²) in [6.45, 7) is 5.39. The van der Waals surface area contributed by atoms with E-state index in [9.17, 15) is 20.0 Å². The zero-order valence-corrected chi connectivity index (χ0v) is 18.2. The average Bonchev–Trinajstić information content (AvgIpc) is 2.79. The first kappa shape index (κ1) is 21.4. The van der Waals surface area contributed by atoms with Crippen LogP contribution in [0.25, 0.3) is 5.65 Å². The molecule has 0 radical (unpaired) electrons. The maximum Gasteiger partial charge on any atom is 0.337 e. The number of anilines is 2. The number of carbonyl (C=O) groups is 1. The van der Waals surface area contributed by atoms with E-state index < -0.39 is 5.97 Å². The van der Waals surface area contributed by atoms with Crippen LogP contribution >= 0.6 is 0 Å². The molecule has 0 unspecified atom stereocenters. The molecule has 1 aromatic carbocycles. The van der Waals surface area contributed by atoms with Gasteiger partial charge in [0.25, 0.3) is 0 Å². The molecule has 1 aliphatic rings. The predicted molar refractivity (Wildman–Crippen MR) is 121 cm³/mol. The number of para-hydroxylation sites is 1. The molecule has 8 nitrogen and oxygen atoms in total. The molecule has 3 N–H and O–H groups in total. The number of hydrogen-bond acceptors (Lipinski definition) is 5. The molecule has 1 atom stereocenters. The summed E-state index contributed by atoms with van der Waals surface area (Å²) in [6.07, 6.45) is 4.89. The SMILES string of the molecule is Cc1cc([C@@H](C)Nc2ccccc2C(=O)O)c2[nH+]c(N3CCCCC3)c(C#N)c(=O)n2c1. The van der Waals surface area contributed by atoms with Crippen molar-refractivity contribution in [2.24, 2.45) is 0 Å². The topological polar surface area (TPSA) is 112 Å². The first-order chi connectivity index (χ1) is 15.4. The zero-order valence-electron chi connectivity index (χ0n) is 18.2. The van der Waals surface area contributed by atoms with E-state index in [-0.39, 0.29) is 22.7 Å². The van der Waals surface area contributed by atoms with Crippen molar-refractivity contribution < 1.29 is 14.9 Å². The molecule has 0 saturated carbocycles. The van der Waals surface area contributed by atoms with Crippen LogP contribution < -0.4 is 20.8 Å². The third kappa shape index (κ3) is 3.89. The zero-order chi connectivity index (χ0) is 22.8. The molecular weight excluding hydrogens is 406 g/mol. The highest BCUT2D eigenvalue weighted by Gasteiger charge is 2.27. The lowest BCUT2D eigenvalue weighted by Gasteiger charge is -2.24. The monoisotopic (exact) mass is 432 g/mol. The molecule has 1 aliphatic heterocycles. The molecule has 32 heavy (non-hydrogen) atoms. The Hall–Kier alpha value is -3.86. The number of aromatic carboxylic acids is 1. The fourth-order valence-corrected chi connectivity index (χ4v) is 4.34. The average molecular weight is 433 g/mol. The second-order valence-corrected chi connectivity index (χ2v) is 8.22. The number of aromatic amines is 1. The number of carboxylic acid groups (broad SMARTS) is 1. The minimum atomic E-state index is -1.01. The molecule has 0 spiro atoms. The van der Waals surface area contributed by atoms with Gasteiger partial charge in [-0.1, -0.05) is 12.1 Å². The molecule has 0 bridgehead atoms. The van der Waals surface area contributed by atoms with E-state index in [1.165, 1.54) is 4.40 Å². The van der Waals surface area contributed by atoms with E-state index in [4.69, 9.17) is 0 Å². The summed E-state index contributed by atoms with van der Waals surface area (Å²) in [5.41, 5.74) is 2.69. The van der Waals surface area contributed by atoms with Crippen LogP contribution in [-0.2, 0) is 0 Å². The quantitative estimate of drug-likeness (QED) is 0.641. The van der Waals surface area contributed by atoms with E-state index in [0.717, 1.165) is 43.5 Å². The number of carboxylic acids is 1. The number of H-pyrrole nitrogens is 1. The fourth-order valence-electron chi connectivity index (χ4n) is 4.34. The Kier molecular flexibility index (Phi) is 5.82. The number of aryl methyl sites for hydroxylation is 1. The van der Waals surface area contributed by atoms with Crippen LogP contribution in [0.3, 0.4) is 0 Å². The maximum atomic E-state index is 13.2. The van der Waals surface area contributed by atoms with Crippen molar-refractivity contribution in [1.29, 1.82) is 5.26 Å². The summed E-state index contributed by atoms with van der Waals surface area (Å²) in [6, 6.07) is 10.5. The second-order valence-electron chi connectivity index (χ2n) is 8.22. The van der Waals surface area contributed by atoms with Crippen LogP contribution in [0.1, 0.15) is 59.3 Å². The summed E-state index contributed by atoms with van der Waals surface area (Å²) in [5, 5.41) is 22.5. The van der Waals surface area contributed by atoms with Gasteiger partial charge in [0.2, 0.25) is 17.0 Å². The van der Waals surface area contributed by atoms with Gasteiger partial charge in [0.15, 0.2) is 0 Å². The maximum absolute atomic E-state index is 13.2. The standard InChI is InChI=1S/C24H25N5O3/c1-15-12-18(16(2)26-20-9-5-4-8-17(20)24(31)32)22-27-21(28-10-6-3-7-11-28)19(13-25)23(30)29(22)14-15/h4-5,8-9,12,14,16,26H,3,6-7,10-11H2,1-2H3,(H,31,32)/p+1/t16-/m1/s1. The number of nitriles is 1. The lowest BCUT2D eigenvalue weighted by atomic mass is 10.1. The van der Waals surface area contributed by atoms with E-state index in [1.54, 1.807) is 30.5 Å². The number of pyridine rings is 1. The third-order valence-electron chi connectivity index (χ3n) is 5.92. The first-order valence-electron chi connectivity index (χ1n) is 10.8. The van der Waals surface area contributed by atoms with Crippen molar-refractivity contribution >= 4 is 23.1 Å². The van der Waals surface area contributed by atoms with Gasteiger partial charge in [0.05, 0.1) is 30.9 Å². The summed E-state index contributed by atoms with van der Waals surface area (Å²) in [7, 11) is 0. The van der Waals surface area contributed by atoms with Crippen LogP contribution in [0.4, 0.5) is 11.5 Å². The molecule has 2 aromatic heterocycles. The smallest absolute Gasteiger partial charge is 0.337 e. The predicted octanol–water partition coefficient (Wildman–Crippen LogP) is 3.16. The van der Waals surface area contributed by atoms with E-state index in [1.807, 2.05) is 19.9 Å². The van der Waals surface area contributed by atoms with Gasteiger partial charge in [-0.3, -0.25) is 4.90 Å². The summed E-state index contributed by atoms with van der Waals surface area (Å²) < 4.78 is 1.48. The van der Waals surface area contributed by atoms with Gasteiger partial charge in [0.1, 0.15) is 6.07 Å². The minimum Gasteiger partial charge on any atom is -0.478 e. The van der Waals surface area contributed by atoms with Crippen LogP contribution in [0.15, 0.2) is 41.3 Å². The first-order valence-corrected chi connectivity index (χ1v) is 10.8. The Morgan fingerprint density at radius 1 is 1.25 bits per heavy atom. The van der Waals surface area contributed by atoms with Crippen LogP contribution in [0, 0.1) is 18.3 Å². The molecule has 4 rings (SSSR count). The molecule has 8 heteroatoms. The third-order valence-corrected chi connectivity index (χ3v) is 5.92. The molecule has 0 aliphatic carbocycles. The van der Waals surface area contributed by atoms with Gasteiger partial charge in [-0.05, 0) is 56.9 Å². The Morgan fingerprint density at radius 2 is 1.97 bits per heavy atom. The van der Waals surface area contributed by atoms with Crippen LogP contribution in [-0.4, -0.2) is 28.6 Å². The molecular formula is C24H26N5O3+. The van der Waals surface area contributed by atoms with Gasteiger partial charge in [-0.2, -0.15) is 9.66 Å². The van der Waals surface area contributed by atoms with Gasteiger partial charge >= 0.3 is 11.5 Å². The van der Waals surface area contributed by atoms with Gasteiger partial charge in [-0.15, -0.1) is 0 Å². The van der Waals surface area contributed by atoms with E-state index in [2.05, 4.69) is 21.3 Å². The Morgan fingerprint density at radius 3 is 2.66 bits per heavy atom. The van der Waals surface area contributed by atoms with Crippen molar-refractivity contribution in [2.45, 2.75) is 39.2 Å². The highest BCUT2D eigenvalue weighted by Crippen LogP contribution is 2.26. The lowest BCUT2D eigenvalue weighted by Crippen LogP contribution is -2.39. The summed E-state index contributed by atoms with van der Waals surface area (Å²) >= 11 is 0. The van der Waals surface area contributed by atoms with Crippen LogP contribution in [0.2, 0.25) is 0 Å². The molecule has 164 valence electrons. The number of hydrogen-bond donors (Lipinski definition) is 2. The van der Waals surface area contributed by atoms with Crippen molar-refractivity contribution in [3.63, 3.8) is 0 Å². The number of rotatable bonds is 5. The highest BCUT2D eigenvalue weighted by molar-refractivity contribution is 5.94. The lowest BCUT2D eigenvalue weighted by molar-refractivity contribution is -0.337. The Labute approximate surface area is 185 Å². The number of fused-ring (bicyclic) bond motifs is 1. The van der Waals surface area contributed by atoms with Crippen molar-refractivity contribution in [1.82, 2.24) is 4.40 Å². The summed E-state index contributed by atoms with van der Waals surface area (Å²) in [4.78, 5) is 30.3. The van der Waals surface area contributed by atoms with Crippen molar-refractivity contribution in [3.05, 3.63) is 69.1 Å². The van der Waals surface area contributed by atoms with Gasteiger partial charge in [0, 0.05) is 11.3 Å². The Balaban J connectivity index is 1.86. The number of nitrogens with zero attached hydrogens (tertiary/aromatic N) is 3. The number of nitrogens with one attached hydrogen (secondary N) is 2. The van der Waals surface area contributed by atoms with Crippen molar-refractivity contribution in [3.8, 4) is 6.07 Å². The van der Waals surface area contributed by atoms with Crippen molar-refractivity contribution in [2.75, 3.05) is 23.3 Å². The number of piperidine rings is 1. The van der Waals surface area contributed by atoms with Crippen LogP contribution in [0.5, 0.6) is 0 Å².